The van der Waals surface area contributed by atoms with Crippen molar-refractivity contribution in [2.24, 2.45) is 0 Å². The summed E-state index contributed by atoms with van der Waals surface area (Å²) in [6.07, 6.45) is -4.42. The van der Waals surface area contributed by atoms with E-state index in [1.807, 2.05) is 0 Å². The topological polar surface area (TPSA) is 0 Å². The number of hydrogen-bond donors (Lipinski definition) is 0. The maximum atomic E-state index is 12.7. The zero-order valence-electron chi connectivity index (χ0n) is 7.49. The highest BCUT2D eigenvalue weighted by Crippen LogP contribution is 2.38. The van der Waals surface area contributed by atoms with E-state index >= 15 is 0 Å². The summed E-state index contributed by atoms with van der Waals surface area (Å²) in [6.45, 7) is 0. The van der Waals surface area contributed by atoms with E-state index in [1.54, 1.807) is 21.2 Å². The second-order valence-electron chi connectivity index (χ2n) is 2.78. The third-order valence-electron chi connectivity index (χ3n) is 1.64. The second-order valence-corrected chi connectivity index (χ2v) is 5.59. The Labute approximate surface area is 117 Å². The van der Waals surface area contributed by atoms with E-state index in [9.17, 15) is 13.2 Å². The monoisotopic (exact) mass is 398 g/mol. The summed E-state index contributed by atoms with van der Waals surface area (Å²) in [5.41, 5.74) is -0.787. The molecule has 7 heteroatoms. The number of hydrogen-bond acceptors (Lipinski definition) is 1. The molecule has 0 aliphatic heterocycles. The van der Waals surface area contributed by atoms with Crippen LogP contribution < -0.4 is 0 Å². The Hall–Kier alpha value is 0.410. The summed E-state index contributed by atoms with van der Waals surface area (Å²) in [4.78, 5) is 0. The van der Waals surface area contributed by atoms with Crippen LogP contribution in [0.5, 0.6) is 0 Å². The third kappa shape index (κ3) is 4.01. The molecule has 0 N–H and O–H groups in total. The highest BCUT2D eigenvalue weighted by Gasteiger charge is 2.34. The lowest BCUT2D eigenvalue weighted by Crippen LogP contribution is -2.10. The fourth-order valence-corrected chi connectivity index (χ4v) is 2.70. The average molecular weight is 399 g/mol. The molecule has 1 aromatic carbocycles. The zero-order chi connectivity index (χ0) is 12.3. The summed E-state index contributed by atoms with van der Waals surface area (Å²) >= 11 is 13.1. The highest BCUT2D eigenvalue weighted by molar-refractivity contribution is 14.2. The van der Waals surface area contributed by atoms with Crippen LogP contribution in [-0.2, 0) is 0 Å². The Kier molecular flexibility index (Phi) is 5.28. The van der Waals surface area contributed by atoms with Gasteiger partial charge in [-0.15, -0.1) is 0 Å². The van der Waals surface area contributed by atoms with Crippen LogP contribution in [0.3, 0.4) is 0 Å². The van der Waals surface area contributed by atoms with Gasteiger partial charge in [-0.2, -0.15) is 13.2 Å². The first kappa shape index (κ1) is 14.5. The smallest absolute Gasteiger partial charge is 0.166 e. The van der Waals surface area contributed by atoms with Crippen molar-refractivity contribution in [1.82, 2.24) is 0 Å². The van der Waals surface area contributed by atoms with Gasteiger partial charge in [0, 0.05) is 31.3 Å². The molecule has 0 saturated heterocycles. The molecule has 16 heavy (non-hydrogen) atoms. The average Bonchev–Trinajstić information content (AvgIpc) is 2.10. The Morgan fingerprint density at radius 1 is 1.19 bits per heavy atom. The molecule has 0 heterocycles. The highest BCUT2D eigenvalue weighted by atomic mass is 127. The molecule has 0 aliphatic rings. The lowest BCUT2D eigenvalue weighted by Gasteiger charge is -2.12. The Balaban J connectivity index is 3.27. The van der Waals surface area contributed by atoms with Crippen molar-refractivity contribution < 1.29 is 13.2 Å². The van der Waals surface area contributed by atoms with Crippen molar-refractivity contribution in [3.05, 3.63) is 39.2 Å². The molecule has 1 rings (SSSR count). The summed E-state index contributed by atoms with van der Waals surface area (Å²) in [5.74, 6) is 0. The van der Waals surface area contributed by atoms with Gasteiger partial charge in [-0.1, -0.05) is 32.1 Å². The molecule has 0 radical (unpaired) electrons. The van der Waals surface area contributed by atoms with Crippen molar-refractivity contribution in [2.45, 2.75) is 6.18 Å². The summed E-state index contributed by atoms with van der Waals surface area (Å²) in [5, 5.41) is 1.37. The molecule has 0 nitrogen and oxygen atoms in total. The normalized spacial score (nSPS) is 13.0. The minimum absolute atomic E-state index is 0.0332. The van der Waals surface area contributed by atoms with Gasteiger partial charge in [-0.05, 0) is 29.2 Å². The van der Waals surface area contributed by atoms with Crippen LogP contribution in [0.4, 0.5) is 13.2 Å². The van der Waals surface area contributed by atoms with E-state index in [1.165, 1.54) is 18.2 Å². The van der Waals surface area contributed by atoms with Gasteiger partial charge >= 0.3 is 6.18 Å². The van der Waals surface area contributed by atoms with E-state index in [-0.39, 0.29) is 15.6 Å². The quantitative estimate of drug-likeness (QED) is 0.552. The predicted molar refractivity (Wildman–Crippen MR) is 72.1 cm³/mol. The molecule has 1 aromatic rings. The molecule has 0 aliphatic carbocycles. The van der Waals surface area contributed by atoms with Gasteiger partial charge in [0.25, 0.3) is 0 Å². The molecular formula is C9H4Cl2F3IS. The lowest BCUT2D eigenvalue weighted by molar-refractivity contribution is -0.0687. The fourth-order valence-electron chi connectivity index (χ4n) is 1.05. The standard InChI is InChI=1S/C9H4Cl2F3IS/c10-6-1-5(2-7(11)3-6)8(4-16-15)9(12,13)14/h1-4H/b8-4+. The van der Waals surface area contributed by atoms with Gasteiger partial charge in [0.2, 0.25) is 0 Å². The first-order valence-corrected chi connectivity index (χ1v) is 8.03. The Bertz CT molecular complexity index is 397. The zero-order valence-corrected chi connectivity index (χ0v) is 12.0. The van der Waals surface area contributed by atoms with Gasteiger partial charge in [0.1, 0.15) is 0 Å². The van der Waals surface area contributed by atoms with E-state index < -0.39 is 11.7 Å². The maximum Gasteiger partial charge on any atom is 0.417 e. The minimum Gasteiger partial charge on any atom is -0.166 e. The molecule has 0 amide bonds. The number of benzene rings is 1. The van der Waals surface area contributed by atoms with Crippen molar-refractivity contribution in [2.75, 3.05) is 0 Å². The first-order chi connectivity index (χ1) is 7.34. The van der Waals surface area contributed by atoms with E-state index in [0.29, 0.717) is 0 Å². The summed E-state index contributed by atoms with van der Waals surface area (Å²) < 4.78 is 38.1. The number of alkyl halides is 3. The molecule has 0 aromatic heterocycles. The van der Waals surface area contributed by atoms with Crippen LogP contribution in [0.15, 0.2) is 23.6 Å². The molecule has 0 fully saturated rings. The van der Waals surface area contributed by atoms with E-state index in [0.717, 1.165) is 14.3 Å². The first-order valence-electron chi connectivity index (χ1n) is 3.86. The van der Waals surface area contributed by atoms with Crippen LogP contribution in [0.2, 0.25) is 10.0 Å². The molecular weight excluding hydrogens is 395 g/mol. The second kappa shape index (κ2) is 5.84. The van der Waals surface area contributed by atoms with Gasteiger partial charge in [-0.3, -0.25) is 0 Å². The van der Waals surface area contributed by atoms with Gasteiger partial charge in [0.05, 0.1) is 5.57 Å². The largest absolute Gasteiger partial charge is 0.417 e. The van der Waals surface area contributed by atoms with E-state index in [2.05, 4.69) is 0 Å². The van der Waals surface area contributed by atoms with Crippen molar-refractivity contribution >= 4 is 58.9 Å². The van der Waals surface area contributed by atoms with Crippen LogP contribution in [0.25, 0.3) is 5.57 Å². The van der Waals surface area contributed by atoms with Crippen molar-refractivity contribution in [1.29, 1.82) is 0 Å². The van der Waals surface area contributed by atoms with Gasteiger partial charge in [0.15, 0.2) is 0 Å². The molecule has 0 atom stereocenters. The molecule has 88 valence electrons. The number of rotatable bonds is 2. The lowest BCUT2D eigenvalue weighted by atomic mass is 10.1. The fraction of sp³-hybridized carbons (Fsp3) is 0.111. The Morgan fingerprint density at radius 3 is 2.06 bits per heavy atom. The SMILES string of the molecule is FC(F)(F)/C(=C/SI)c1cc(Cl)cc(Cl)c1. The Morgan fingerprint density at radius 2 is 1.69 bits per heavy atom. The van der Waals surface area contributed by atoms with E-state index in [4.69, 9.17) is 23.2 Å². The third-order valence-corrected chi connectivity index (χ3v) is 3.17. The van der Waals surface area contributed by atoms with Crippen molar-refractivity contribution in [3.8, 4) is 0 Å². The van der Waals surface area contributed by atoms with Crippen molar-refractivity contribution in [3.63, 3.8) is 0 Å². The minimum atomic E-state index is -4.42. The molecule has 0 saturated carbocycles. The van der Waals surface area contributed by atoms with Crippen LogP contribution in [0.1, 0.15) is 5.56 Å². The summed E-state index contributed by atoms with van der Waals surface area (Å²) in [7, 11) is 0.945. The van der Waals surface area contributed by atoms with Crippen LogP contribution in [-0.4, -0.2) is 6.18 Å². The van der Waals surface area contributed by atoms with Gasteiger partial charge in [-0.25, -0.2) is 0 Å². The van der Waals surface area contributed by atoms with Crippen LogP contribution in [0, 0.1) is 0 Å². The molecule has 0 spiro atoms. The number of allylic oxidation sites excluding steroid dienone is 1. The predicted octanol–water partition coefficient (Wildman–Crippen LogP) is 5.98. The molecule has 0 bridgehead atoms. The number of halogens is 6. The maximum absolute atomic E-state index is 12.7. The van der Waals surface area contributed by atoms with Gasteiger partial charge < -0.3 is 0 Å². The van der Waals surface area contributed by atoms with Crippen LogP contribution >= 0.6 is 53.3 Å². The molecule has 0 unspecified atom stereocenters. The summed E-state index contributed by atoms with van der Waals surface area (Å²) in [6, 6.07) is 3.86.